The molecule has 74 valence electrons. The normalized spacial score (nSPS) is 13.5. The van der Waals surface area contributed by atoms with Crippen molar-refractivity contribution in [1.82, 2.24) is 0 Å². The van der Waals surface area contributed by atoms with Gasteiger partial charge in [0.25, 0.3) is 0 Å². The van der Waals surface area contributed by atoms with Crippen molar-refractivity contribution in [3.05, 3.63) is 0 Å². The molecule has 0 saturated heterocycles. The third-order valence-corrected chi connectivity index (χ3v) is 11.8. The molecule has 0 amide bonds. The van der Waals surface area contributed by atoms with Crippen molar-refractivity contribution in [3.8, 4) is 0 Å². The summed E-state index contributed by atoms with van der Waals surface area (Å²) in [7, 11) is -1.70. The largest absolute Gasteiger partial charge is 0.330 e. The van der Waals surface area contributed by atoms with Gasteiger partial charge in [-0.1, -0.05) is 44.4 Å². The van der Waals surface area contributed by atoms with Gasteiger partial charge in [-0.05, 0) is 13.0 Å². The zero-order valence-corrected chi connectivity index (χ0v) is 11.4. The molecule has 0 aromatic rings. The summed E-state index contributed by atoms with van der Waals surface area (Å²) in [6.45, 7) is 13.3. The second kappa shape index (κ2) is 4.58. The van der Waals surface area contributed by atoms with Crippen molar-refractivity contribution in [2.45, 2.75) is 50.9 Å². The first-order valence-corrected chi connectivity index (χ1v) is 12.1. The van der Waals surface area contributed by atoms with E-state index in [9.17, 15) is 0 Å². The lowest BCUT2D eigenvalue weighted by Crippen LogP contribution is -2.37. The Morgan fingerprint density at radius 3 is 1.83 bits per heavy atom. The van der Waals surface area contributed by atoms with Crippen molar-refractivity contribution < 1.29 is 0 Å². The van der Waals surface area contributed by atoms with Crippen molar-refractivity contribution in [2.24, 2.45) is 5.73 Å². The van der Waals surface area contributed by atoms with E-state index in [1.54, 1.807) is 5.67 Å². The van der Waals surface area contributed by atoms with E-state index >= 15 is 0 Å². The van der Waals surface area contributed by atoms with Gasteiger partial charge >= 0.3 is 0 Å². The van der Waals surface area contributed by atoms with Crippen LogP contribution in [0.4, 0.5) is 0 Å². The Morgan fingerprint density at radius 2 is 1.50 bits per heavy atom. The maximum Gasteiger partial charge on any atom is 0.0447 e. The van der Waals surface area contributed by atoms with Gasteiger partial charge in [-0.15, -0.1) is 0 Å². The SMILES string of the molecule is C[Si](C)(C)C[Si](C)(C)CCCN. The predicted molar refractivity (Wildman–Crippen MR) is 64.1 cm³/mol. The molecule has 0 aromatic carbocycles. The Balaban J connectivity index is 3.86. The van der Waals surface area contributed by atoms with Gasteiger partial charge in [-0.25, -0.2) is 0 Å². The average Bonchev–Trinajstić information content (AvgIpc) is 1.78. The Bertz CT molecular complexity index is 127. The second-order valence-corrected chi connectivity index (χ2v) is 17.2. The summed E-state index contributed by atoms with van der Waals surface area (Å²) >= 11 is 0. The lowest BCUT2D eigenvalue weighted by atomic mass is 10.5. The van der Waals surface area contributed by atoms with Crippen molar-refractivity contribution >= 4 is 16.1 Å². The molecule has 2 N–H and O–H groups in total. The van der Waals surface area contributed by atoms with Gasteiger partial charge in [0, 0.05) is 16.1 Å². The van der Waals surface area contributed by atoms with Crippen LogP contribution in [0.3, 0.4) is 0 Å². The summed E-state index contributed by atoms with van der Waals surface area (Å²) in [5.41, 5.74) is 7.09. The minimum Gasteiger partial charge on any atom is -0.330 e. The van der Waals surface area contributed by atoms with Crippen LogP contribution in [0.1, 0.15) is 6.42 Å². The van der Waals surface area contributed by atoms with Crippen molar-refractivity contribution in [3.63, 3.8) is 0 Å². The summed E-state index contributed by atoms with van der Waals surface area (Å²) in [5, 5.41) is 0. The smallest absolute Gasteiger partial charge is 0.0447 e. The minimum absolute atomic E-state index is 0.822. The molecular weight excluding hydrogens is 178 g/mol. The van der Waals surface area contributed by atoms with Gasteiger partial charge < -0.3 is 5.73 Å². The topological polar surface area (TPSA) is 26.0 Å². The Kier molecular flexibility index (Phi) is 4.73. The maximum atomic E-state index is 5.53. The lowest BCUT2D eigenvalue weighted by Gasteiger charge is -2.29. The van der Waals surface area contributed by atoms with Gasteiger partial charge in [0.1, 0.15) is 0 Å². The standard InChI is InChI=1S/C9H25NSi2/c1-11(2,3)9-12(4,5)8-6-7-10/h6-10H2,1-5H3. The highest BCUT2D eigenvalue weighted by Gasteiger charge is 2.27. The minimum atomic E-state index is -0.878. The Labute approximate surface area is 79.8 Å². The highest BCUT2D eigenvalue weighted by Crippen LogP contribution is 2.23. The fourth-order valence-corrected chi connectivity index (χ4v) is 15.5. The van der Waals surface area contributed by atoms with E-state index in [-0.39, 0.29) is 0 Å². The zero-order chi connectivity index (χ0) is 9.83. The molecule has 0 aromatic heterocycles. The molecule has 0 fully saturated rings. The van der Waals surface area contributed by atoms with Gasteiger partial charge in [0.2, 0.25) is 0 Å². The van der Waals surface area contributed by atoms with E-state index in [4.69, 9.17) is 5.73 Å². The van der Waals surface area contributed by atoms with E-state index in [1.165, 1.54) is 12.5 Å². The molecular formula is C9H25NSi2. The summed E-state index contributed by atoms with van der Waals surface area (Å²) in [4.78, 5) is 0. The number of hydrogen-bond acceptors (Lipinski definition) is 1. The summed E-state index contributed by atoms with van der Waals surface area (Å²) in [5.74, 6) is 0. The van der Waals surface area contributed by atoms with Gasteiger partial charge in [0.05, 0.1) is 0 Å². The lowest BCUT2D eigenvalue weighted by molar-refractivity contribution is 0.910. The van der Waals surface area contributed by atoms with E-state index < -0.39 is 16.1 Å². The van der Waals surface area contributed by atoms with E-state index in [0.717, 1.165) is 6.54 Å². The highest BCUT2D eigenvalue weighted by molar-refractivity contribution is 6.94. The molecule has 0 unspecified atom stereocenters. The van der Waals surface area contributed by atoms with Crippen LogP contribution >= 0.6 is 0 Å². The molecule has 0 aliphatic carbocycles. The quantitative estimate of drug-likeness (QED) is 0.683. The molecule has 0 saturated carbocycles. The molecule has 0 heterocycles. The zero-order valence-electron chi connectivity index (χ0n) is 9.41. The van der Waals surface area contributed by atoms with Crippen LogP contribution in [-0.4, -0.2) is 22.7 Å². The molecule has 3 heteroatoms. The number of hydrogen-bond donors (Lipinski definition) is 1. The van der Waals surface area contributed by atoms with Crippen LogP contribution < -0.4 is 5.73 Å². The van der Waals surface area contributed by atoms with Crippen LogP contribution in [0.5, 0.6) is 0 Å². The first-order chi connectivity index (χ1) is 5.27. The van der Waals surface area contributed by atoms with E-state index in [2.05, 4.69) is 32.7 Å². The average molecular weight is 203 g/mol. The molecule has 12 heavy (non-hydrogen) atoms. The monoisotopic (exact) mass is 203 g/mol. The Hall–Kier alpha value is 0.394. The summed E-state index contributed by atoms with van der Waals surface area (Å²) < 4.78 is 0. The molecule has 0 aliphatic rings. The van der Waals surface area contributed by atoms with Crippen molar-refractivity contribution in [2.75, 3.05) is 6.54 Å². The van der Waals surface area contributed by atoms with Gasteiger partial charge in [-0.2, -0.15) is 0 Å². The van der Waals surface area contributed by atoms with Crippen LogP contribution in [0.2, 0.25) is 44.4 Å². The van der Waals surface area contributed by atoms with E-state index in [0.29, 0.717) is 0 Å². The first kappa shape index (κ1) is 12.4. The fraction of sp³-hybridized carbons (Fsp3) is 1.00. The predicted octanol–water partition coefficient (Wildman–Crippen LogP) is 2.92. The van der Waals surface area contributed by atoms with Gasteiger partial charge in [0.15, 0.2) is 0 Å². The maximum absolute atomic E-state index is 5.53. The van der Waals surface area contributed by atoms with Gasteiger partial charge in [-0.3, -0.25) is 0 Å². The third-order valence-electron chi connectivity index (χ3n) is 2.07. The number of rotatable bonds is 5. The van der Waals surface area contributed by atoms with Crippen LogP contribution in [0.25, 0.3) is 0 Å². The third kappa shape index (κ3) is 7.07. The Morgan fingerprint density at radius 1 is 1.00 bits per heavy atom. The van der Waals surface area contributed by atoms with E-state index in [1.807, 2.05) is 0 Å². The molecule has 0 atom stereocenters. The molecule has 1 nitrogen and oxygen atoms in total. The fourth-order valence-electron chi connectivity index (χ4n) is 2.10. The molecule has 0 spiro atoms. The number of nitrogens with two attached hydrogens (primary N) is 1. The summed E-state index contributed by atoms with van der Waals surface area (Å²) in [6, 6.07) is 1.42. The highest BCUT2D eigenvalue weighted by atomic mass is 28.4. The molecule has 0 rings (SSSR count). The van der Waals surface area contributed by atoms with Crippen LogP contribution in [-0.2, 0) is 0 Å². The van der Waals surface area contributed by atoms with Crippen LogP contribution in [0, 0.1) is 0 Å². The first-order valence-electron chi connectivity index (χ1n) is 4.97. The van der Waals surface area contributed by atoms with Crippen molar-refractivity contribution in [1.29, 1.82) is 0 Å². The van der Waals surface area contributed by atoms with Crippen LogP contribution in [0.15, 0.2) is 0 Å². The molecule has 0 radical (unpaired) electrons. The summed E-state index contributed by atoms with van der Waals surface area (Å²) in [6.07, 6.45) is 1.24. The molecule has 0 bridgehead atoms. The second-order valence-electron chi connectivity index (χ2n) is 5.79. The molecule has 0 aliphatic heterocycles.